The van der Waals surface area contributed by atoms with E-state index in [0.717, 1.165) is 44.9 Å². The van der Waals surface area contributed by atoms with Crippen LogP contribution in [0, 0.1) is 0 Å². The van der Waals surface area contributed by atoms with Crippen molar-refractivity contribution in [2.45, 2.75) is 57.1 Å². The molecule has 1 spiro atoms. The second kappa shape index (κ2) is 6.36. The first-order valence-electron chi connectivity index (χ1n) is 9.22. The standard InChI is InChI=1S/C18H28N4O/c1-2-15-12-19-17(20-13-15)22-9-5-18(6-10-22)11-16(14-23-18)21-7-3-4-8-21/h12-13,16H,2-11,14H2,1H3. The average molecular weight is 316 g/mol. The second-order valence-corrected chi connectivity index (χ2v) is 7.33. The van der Waals surface area contributed by atoms with Gasteiger partial charge in [0.1, 0.15) is 0 Å². The average Bonchev–Trinajstić information content (AvgIpc) is 3.26. The number of rotatable bonds is 3. The van der Waals surface area contributed by atoms with Gasteiger partial charge in [-0.1, -0.05) is 6.92 Å². The molecule has 126 valence electrons. The van der Waals surface area contributed by atoms with Gasteiger partial charge in [0.25, 0.3) is 0 Å². The molecular weight excluding hydrogens is 288 g/mol. The number of hydrogen-bond donors (Lipinski definition) is 0. The van der Waals surface area contributed by atoms with E-state index < -0.39 is 0 Å². The Bertz CT molecular complexity index is 518. The molecule has 4 rings (SSSR count). The maximum atomic E-state index is 6.32. The van der Waals surface area contributed by atoms with Gasteiger partial charge in [-0.05, 0) is 57.2 Å². The largest absolute Gasteiger partial charge is 0.373 e. The van der Waals surface area contributed by atoms with Crippen LogP contribution in [0.15, 0.2) is 12.4 Å². The van der Waals surface area contributed by atoms with Crippen LogP contribution in [0.2, 0.25) is 0 Å². The SMILES string of the molecule is CCc1cnc(N2CCC3(CC2)CC(N2CCCC2)CO3)nc1. The molecule has 23 heavy (non-hydrogen) atoms. The molecule has 0 bridgehead atoms. The zero-order valence-corrected chi connectivity index (χ0v) is 14.2. The van der Waals surface area contributed by atoms with Crippen molar-refractivity contribution in [1.82, 2.24) is 14.9 Å². The second-order valence-electron chi connectivity index (χ2n) is 7.33. The zero-order chi connectivity index (χ0) is 15.7. The van der Waals surface area contributed by atoms with Crippen LogP contribution in [0.5, 0.6) is 0 Å². The van der Waals surface area contributed by atoms with Crippen molar-refractivity contribution in [3.05, 3.63) is 18.0 Å². The van der Waals surface area contributed by atoms with Crippen LogP contribution in [0.1, 0.15) is 44.6 Å². The number of aromatic nitrogens is 2. The van der Waals surface area contributed by atoms with Crippen LogP contribution in [-0.4, -0.2) is 59.3 Å². The van der Waals surface area contributed by atoms with Gasteiger partial charge in [-0.25, -0.2) is 9.97 Å². The lowest BCUT2D eigenvalue weighted by Gasteiger charge is -2.39. The monoisotopic (exact) mass is 316 g/mol. The summed E-state index contributed by atoms with van der Waals surface area (Å²) in [5, 5.41) is 0. The Kier molecular flexibility index (Phi) is 4.24. The van der Waals surface area contributed by atoms with Crippen molar-refractivity contribution in [1.29, 1.82) is 0 Å². The summed E-state index contributed by atoms with van der Waals surface area (Å²) < 4.78 is 6.32. The van der Waals surface area contributed by atoms with E-state index in [0.29, 0.717) is 6.04 Å². The first kappa shape index (κ1) is 15.3. The van der Waals surface area contributed by atoms with E-state index in [-0.39, 0.29) is 5.60 Å². The molecule has 0 amide bonds. The minimum Gasteiger partial charge on any atom is -0.373 e. The van der Waals surface area contributed by atoms with Gasteiger partial charge < -0.3 is 9.64 Å². The Balaban J connectivity index is 1.35. The molecule has 3 saturated heterocycles. The molecule has 1 atom stereocenters. The quantitative estimate of drug-likeness (QED) is 0.855. The zero-order valence-electron chi connectivity index (χ0n) is 14.2. The van der Waals surface area contributed by atoms with Crippen molar-refractivity contribution in [3.8, 4) is 0 Å². The van der Waals surface area contributed by atoms with Crippen molar-refractivity contribution in [2.24, 2.45) is 0 Å². The third-order valence-corrected chi connectivity index (χ3v) is 5.90. The fourth-order valence-electron chi connectivity index (χ4n) is 4.32. The lowest BCUT2D eigenvalue weighted by atomic mass is 9.87. The Hall–Kier alpha value is -1.20. The van der Waals surface area contributed by atoms with Crippen molar-refractivity contribution < 1.29 is 4.74 Å². The number of anilines is 1. The maximum Gasteiger partial charge on any atom is 0.225 e. The summed E-state index contributed by atoms with van der Waals surface area (Å²) in [6.45, 7) is 7.64. The van der Waals surface area contributed by atoms with Gasteiger partial charge in [0.2, 0.25) is 5.95 Å². The fourth-order valence-corrected chi connectivity index (χ4v) is 4.32. The highest BCUT2D eigenvalue weighted by atomic mass is 16.5. The molecular formula is C18H28N4O. The molecule has 5 heteroatoms. The summed E-state index contributed by atoms with van der Waals surface area (Å²) in [6.07, 6.45) is 11.1. The van der Waals surface area contributed by atoms with E-state index in [2.05, 4.69) is 26.7 Å². The molecule has 0 saturated carbocycles. The van der Waals surface area contributed by atoms with E-state index in [1.165, 1.54) is 37.9 Å². The highest BCUT2D eigenvalue weighted by Gasteiger charge is 2.44. The third kappa shape index (κ3) is 3.09. The third-order valence-electron chi connectivity index (χ3n) is 5.90. The Labute approximate surface area is 139 Å². The molecule has 3 aliphatic rings. The number of nitrogens with zero attached hydrogens (tertiary/aromatic N) is 4. The van der Waals surface area contributed by atoms with E-state index in [1.807, 2.05) is 12.4 Å². The first-order valence-corrected chi connectivity index (χ1v) is 9.22. The number of likely N-dealkylation sites (tertiary alicyclic amines) is 1. The molecule has 0 radical (unpaired) electrons. The van der Waals surface area contributed by atoms with Gasteiger partial charge in [0.15, 0.2) is 0 Å². The maximum absolute atomic E-state index is 6.32. The number of ether oxygens (including phenoxy) is 1. The first-order chi connectivity index (χ1) is 11.3. The summed E-state index contributed by atoms with van der Waals surface area (Å²) in [5.74, 6) is 0.881. The van der Waals surface area contributed by atoms with E-state index in [9.17, 15) is 0 Å². The molecule has 0 aromatic carbocycles. The lowest BCUT2D eigenvalue weighted by Crippen LogP contribution is -2.45. The normalized spacial score (nSPS) is 27.9. The molecule has 1 aromatic heterocycles. The fraction of sp³-hybridized carbons (Fsp3) is 0.778. The van der Waals surface area contributed by atoms with Crippen LogP contribution in [0.3, 0.4) is 0 Å². The molecule has 1 aromatic rings. The van der Waals surface area contributed by atoms with Gasteiger partial charge in [-0.2, -0.15) is 0 Å². The molecule has 0 N–H and O–H groups in total. The van der Waals surface area contributed by atoms with Crippen molar-refractivity contribution in [3.63, 3.8) is 0 Å². The van der Waals surface area contributed by atoms with Crippen LogP contribution in [0.25, 0.3) is 0 Å². The highest BCUT2D eigenvalue weighted by molar-refractivity contribution is 5.31. The van der Waals surface area contributed by atoms with Crippen molar-refractivity contribution in [2.75, 3.05) is 37.7 Å². The summed E-state index contributed by atoms with van der Waals surface area (Å²) >= 11 is 0. The molecule has 4 heterocycles. The number of hydrogen-bond acceptors (Lipinski definition) is 5. The summed E-state index contributed by atoms with van der Waals surface area (Å²) in [6, 6.07) is 0.657. The molecule has 1 unspecified atom stereocenters. The Morgan fingerprint density at radius 3 is 2.48 bits per heavy atom. The van der Waals surface area contributed by atoms with Gasteiger partial charge in [0.05, 0.1) is 12.2 Å². The molecule has 0 aliphatic carbocycles. The van der Waals surface area contributed by atoms with Crippen LogP contribution >= 0.6 is 0 Å². The topological polar surface area (TPSA) is 41.5 Å². The Morgan fingerprint density at radius 2 is 1.83 bits per heavy atom. The van der Waals surface area contributed by atoms with Crippen molar-refractivity contribution >= 4 is 5.95 Å². The van der Waals surface area contributed by atoms with E-state index >= 15 is 0 Å². The summed E-state index contributed by atoms with van der Waals surface area (Å²) in [4.78, 5) is 14.0. The lowest BCUT2D eigenvalue weighted by molar-refractivity contribution is -0.0159. The van der Waals surface area contributed by atoms with Gasteiger partial charge in [-0.3, -0.25) is 4.90 Å². The highest BCUT2D eigenvalue weighted by Crippen LogP contribution is 2.38. The van der Waals surface area contributed by atoms with E-state index in [4.69, 9.17) is 4.74 Å². The Morgan fingerprint density at radius 1 is 1.13 bits per heavy atom. The van der Waals surface area contributed by atoms with E-state index in [1.54, 1.807) is 0 Å². The smallest absolute Gasteiger partial charge is 0.225 e. The summed E-state index contributed by atoms with van der Waals surface area (Å²) in [7, 11) is 0. The van der Waals surface area contributed by atoms with Crippen LogP contribution in [-0.2, 0) is 11.2 Å². The predicted octanol–water partition coefficient (Wildman–Crippen LogP) is 2.26. The molecule has 3 fully saturated rings. The molecule has 5 nitrogen and oxygen atoms in total. The number of aryl methyl sites for hydroxylation is 1. The van der Waals surface area contributed by atoms with Crippen LogP contribution < -0.4 is 4.90 Å². The predicted molar refractivity (Wildman–Crippen MR) is 90.8 cm³/mol. The minimum atomic E-state index is 0.118. The summed E-state index contributed by atoms with van der Waals surface area (Å²) in [5.41, 5.74) is 1.32. The molecule has 3 aliphatic heterocycles. The van der Waals surface area contributed by atoms with Gasteiger partial charge in [0, 0.05) is 31.5 Å². The number of piperidine rings is 1. The van der Waals surface area contributed by atoms with Crippen LogP contribution in [0.4, 0.5) is 5.95 Å². The van der Waals surface area contributed by atoms with Gasteiger partial charge >= 0.3 is 0 Å². The minimum absolute atomic E-state index is 0.118. The van der Waals surface area contributed by atoms with Gasteiger partial charge in [-0.15, -0.1) is 0 Å².